The Labute approximate surface area is 159 Å². The first kappa shape index (κ1) is 20.5. The van der Waals surface area contributed by atoms with Gasteiger partial charge in [-0.2, -0.15) is 5.26 Å². The molecule has 8 nitrogen and oxygen atoms in total. The number of benzene rings is 1. The second-order valence-corrected chi connectivity index (χ2v) is 6.42. The molecule has 1 aromatic rings. The summed E-state index contributed by atoms with van der Waals surface area (Å²) in [6.45, 7) is 0.936. The van der Waals surface area contributed by atoms with E-state index in [0.29, 0.717) is 37.4 Å². The summed E-state index contributed by atoms with van der Waals surface area (Å²) >= 11 is 0. The van der Waals surface area contributed by atoms with E-state index in [1.807, 2.05) is 18.2 Å². The molecule has 0 bridgehead atoms. The highest BCUT2D eigenvalue weighted by Crippen LogP contribution is 2.27. The molecule has 1 fully saturated rings. The molecule has 146 valence electrons. The molecule has 0 spiro atoms. The van der Waals surface area contributed by atoms with Crippen molar-refractivity contribution in [1.29, 1.82) is 5.26 Å². The van der Waals surface area contributed by atoms with Crippen LogP contribution >= 0.6 is 0 Å². The molecule has 0 aliphatic carbocycles. The van der Waals surface area contributed by atoms with Crippen LogP contribution in [0.2, 0.25) is 0 Å². The van der Waals surface area contributed by atoms with Crippen LogP contribution in [0.3, 0.4) is 0 Å². The molecule has 1 aliphatic rings. The lowest BCUT2D eigenvalue weighted by molar-refractivity contribution is -0.135. The van der Waals surface area contributed by atoms with Crippen LogP contribution in [0.1, 0.15) is 24.8 Å². The molecule has 1 aromatic carbocycles. The van der Waals surface area contributed by atoms with E-state index < -0.39 is 12.1 Å². The zero-order valence-corrected chi connectivity index (χ0v) is 15.7. The van der Waals surface area contributed by atoms with Gasteiger partial charge >= 0.3 is 0 Å². The first-order valence-corrected chi connectivity index (χ1v) is 8.93. The predicted octanol–water partition coefficient (Wildman–Crippen LogP) is 0.594. The second kappa shape index (κ2) is 9.78. The molecule has 2 rings (SSSR count). The summed E-state index contributed by atoms with van der Waals surface area (Å²) in [5.74, 6) is 0.650. The molecule has 0 aromatic heterocycles. The summed E-state index contributed by atoms with van der Waals surface area (Å²) in [4.78, 5) is 25.9. The van der Waals surface area contributed by atoms with Crippen molar-refractivity contribution in [2.45, 2.75) is 37.8 Å². The smallest absolute Gasteiger partial charge is 0.241 e. The largest absolute Gasteiger partial charge is 0.493 e. The number of methoxy groups -OCH3 is 2. The van der Waals surface area contributed by atoms with Gasteiger partial charge in [-0.1, -0.05) is 6.07 Å². The highest BCUT2D eigenvalue weighted by atomic mass is 16.5. The summed E-state index contributed by atoms with van der Waals surface area (Å²) in [5, 5.41) is 11.8. The lowest BCUT2D eigenvalue weighted by Crippen LogP contribution is -2.47. The minimum Gasteiger partial charge on any atom is -0.493 e. The third kappa shape index (κ3) is 5.34. The highest BCUT2D eigenvalue weighted by molar-refractivity contribution is 5.88. The number of amides is 2. The van der Waals surface area contributed by atoms with Gasteiger partial charge in [0.15, 0.2) is 11.5 Å². The van der Waals surface area contributed by atoms with Crippen LogP contribution in [0.25, 0.3) is 0 Å². The summed E-state index contributed by atoms with van der Waals surface area (Å²) < 4.78 is 10.4. The van der Waals surface area contributed by atoms with Gasteiger partial charge in [0.05, 0.1) is 32.8 Å². The molecule has 2 unspecified atom stereocenters. The quantitative estimate of drug-likeness (QED) is 0.688. The van der Waals surface area contributed by atoms with E-state index in [1.54, 1.807) is 14.2 Å². The van der Waals surface area contributed by atoms with E-state index in [0.717, 1.165) is 12.0 Å². The van der Waals surface area contributed by atoms with Crippen LogP contribution in [0.5, 0.6) is 11.5 Å². The van der Waals surface area contributed by atoms with Crippen molar-refractivity contribution < 1.29 is 19.1 Å². The standard InChI is InChI=1S/C19H26N4O4/c1-26-16-6-5-13(10-17(16)27-2)7-8-22-18(24)11-15(21)19(25)23-9-3-4-14(23)12-20/h5-6,10,14-15H,3-4,7-9,11,21H2,1-2H3,(H,22,24). The van der Waals surface area contributed by atoms with Gasteiger partial charge in [0.1, 0.15) is 6.04 Å². The maximum absolute atomic E-state index is 12.3. The maximum Gasteiger partial charge on any atom is 0.241 e. The van der Waals surface area contributed by atoms with E-state index in [4.69, 9.17) is 20.5 Å². The molecule has 2 amide bonds. The van der Waals surface area contributed by atoms with Gasteiger partial charge in [-0.25, -0.2) is 0 Å². The van der Waals surface area contributed by atoms with E-state index in [2.05, 4.69) is 11.4 Å². The third-order valence-corrected chi connectivity index (χ3v) is 4.59. The Morgan fingerprint density at radius 1 is 1.37 bits per heavy atom. The van der Waals surface area contributed by atoms with Crippen molar-refractivity contribution in [2.24, 2.45) is 5.73 Å². The van der Waals surface area contributed by atoms with Gasteiger partial charge in [-0.05, 0) is 37.0 Å². The fourth-order valence-corrected chi connectivity index (χ4v) is 3.12. The van der Waals surface area contributed by atoms with Crippen molar-refractivity contribution in [3.05, 3.63) is 23.8 Å². The molecule has 27 heavy (non-hydrogen) atoms. The first-order chi connectivity index (χ1) is 13.0. The Morgan fingerprint density at radius 2 is 2.11 bits per heavy atom. The number of nitriles is 1. The van der Waals surface area contributed by atoms with Crippen molar-refractivity contribution >= 4 is 11.8 Å². The van der Waals surface area contributed by atoms with Crippen molar-refractivity contribution in [1.82, 2.24) is 10.2 Å². The molecular weight excluding hydrogens is 348 g/mol. The summed E-state index contributed by atoms with van der Waals surface area (Å²) in [6, 6.07) is 6.31. The Bertz CT molecular complexity index is 716. The molecule has 8 heteroatoms. The van der Waals surface area contributed by atoms with Gasteiger partial charge in [-0.3, -0.25) is 9.59 Å². The summed E-state index contributed by atoms with van der Waals surface area (Å²) in [6.07, 6.45) is 1.96. The molecule has 1 aliphatic heterocycles. The Hall–Kier alpha value is -2.79. The summed E-state index contributed by atoms with van der Waals surface area (Å²) in [5.41, 5.74) is 6.86. The van der Waals surface area contributed by atoms with Crippen LogP contribution in [0.15, 0.2) is 18.2 Å². The minimum absolute atomic E-state index is 0.0978. The molecule has 1 heterocycles. The Balaban J connectivity index is 1.79. The fraction of sp³-hybridized carbons (Fsp3) is 0.526. The zero-order valence-electron chi connectivity index (χ0n) is 15.7. The maximum atomic E-state index is 12.3. The van der Waals surface area contributed by atoms with Crippen LogP contribution in [0.4, 0.5) is 0 Å². The zero-order chi connectivity index (χ0) is 19.8. The van der Waals surface area contributed by atoms with Crippen LogP contribution < -0.4 is 20.5 Å². The summed E-state index contributed by atoms with van der Waals surface area (Å²) in [7, 11) is 3.14. The number of nitrogens with zero attached hydrogens (tertiary/aromatic N) is 2. The van der Waals surface area contributed by atoms with Crippen molar-refractivity contribution in [3.63, 3.8) is 0 Å². The van der Waals surface area contributed by atoms with Gasteiger partial charge in [0.25, 0.3) is 0 Å². The monoisotopic (exact) mass is 374 g/mol. The van der Waals surface area contributed by atoms with Gasteiger partial charge < -0.3 is 25.4 Å². The average molecular weight is 374 g/mol. The van der Waals surface area contributed by atoms with Crippen molar-refractivity contribution in [3.8, 4) is 17.6 Å². The molecule has 3 N–H and O–H groups in total. The molecular formula is C19H26N4O4. The molecule has 2 atom stereocenters. The minimum atomic E-state index is -0.931. The molecule has 0 radical (unpaired) electrons. The number of ether oxygens (including phenoxy) is 2. The van der Waals surface area contributed by atoms with Crippen LogP contribution in [-0.2, 0) is 16.0 Å². The van der Waals surface area contributed by atoms with E-state index >= 15 is 0 Å². The lowest BCUT2D eigenvalue weighted by atomic mass is 10.1. The number of rotatable bonds is 8. The number of nitrogens with two attached hydrogens (primary N) is 1. The normalized spacial score (nSPS) is 17.1. The number of nitrogens with one attached hydrogen (secondary N) is 1. The first-order valence-electron chi connectivity index (χ1n) is 8.93. The third-order valence-electron chi connectivity index (χ3n) is 4.59. The number of likely N-dealkylation sites (tertiary alicyclic amines) is 1. The SMILES string of the molecule is COc1ccc(CCNC(=O)CC(N)C(=O)N2CCCC2C#N)cc1OC. The molecule has 1 saturated heterocycles. The van der Waals surface area contributed by atoms with Gasteiger partial charge in [0.2, 0.25) is 11.8 Å². The topological polar surface area (TPSA) is 118 Å². The lowest BCUT2D eigenvalue weighted by Gasteiger charge is -2.23. The number of hydrogen-bond donors (Lipinski definition) is 2. The number of carbonyl (C=O) groups is 2. The Kier molecular flexibility index (Phi) is 7.44. The van der Waals surface area contributed by atoms with E-state index in [-0.39, 0.29) is 18.2 Å². The van der Waals surface area contributed by atoms with Gasteiger partial charge in [0, 0.05) is 13.1 Å². The van der Waals surface area contributed by atoms with E-state index in [9.17, 15) is 9.59 Å². The highest BCUT2D eigenvalue weighted by Gasteiger charge is 2.32. The van der Waals surface area contributed by atoms with Crippen LogP contribution in [-0.4, -0.2) is 56.1 Å². The predicted molar refractivity (Wildman–Crippen MR) is 99.2 cm³/mol. The average Bonchev–Trinajstić information content (AvgIpc) is 3.15. The Morgan fingerprint density at radius 3 is 2.78 bits per heavy atom. The molecule has 0 saturated carbocycles. The van der Waals surface area contributed by atoms with Gasteiger partial charge in [-0.15, -0.1) is 0 Å². The number of hydrogen-bond acceptors (Lipinski definition) is 6. The number of carbonyl (C=O) groups excluding carboxylic acids is 2. The second-order valence-electron chi connectivity index (χ2n) is 6.42. The fourth-order valence-electron chi connectivity index (χ4n) is 3.12. The van der Waals surface area contributed by atoms with Crippen LogP contribution in [0, 0.1) is 11.3 Å². The van der Waals surface area contributed by atoms with E-state index in [1.165, 1.54) is 4.90 Å². The van der Waals surface area contributed by atoms with Crippen molar-refractivity contribution in [2.75, 3.05) is 27.3 Å².